The van der Waals surface area contributed by atoms with Crippen LogP contribution in [0.2, 0.25) is 0 Å². The normalized spacial score (nSPS) is 19.3. The molecule has 0 spiro atoms. The second-order valence-electron chi connectivity index (χ2n) is 9.49. The molecule has 0 aliphatic carbocycles. The monoisotopic (exact) mass is 410 g/mol. The molecule has 0 unspecified atom stereocenters. The van der Waals surface area contributed by atoms with Crippen molar-refractivity contribution in [3.63, 3.8) is 0 Å². The maximum Gasteiger partial charge on any atom is 0.486 e. The molecule has 156 valence electrons. The van der Waals surface area contributed by atoms with Gasteiger partial charge in [0.1, 0.15) is 0 Å². The van der Waals surface area contributed by atoms with Gasteiger partial charge in [0.05, 0.1) is 11.2 Å². The van der Waals surface area contributed by atoms with Gasteiger partial charge in [-0.25, -0.2) is 0 Å². The molecular formula is C25H28B2N2O2. The third-order valence-electron chi connectivity index (χ3n) is 6.86. The Morgan fingerprint density at radius 3 is 1.97 bits per heavy atom. The van der Waals surface area contributed by atoms with Gasteiger partial charge in [-0.15, -0.1) is 0 Å². The number of hydrogen-bond donors (Lipinski definition) is 2. The van der Waals surface area contributed by atoms with Crippen LogP contribution in [0.1, 0.15) is 38.8 Å². The first-order valence-corrected chi connectivity index (χ1v) is 10.9. The standard InChI is InChI=1S/C25H28B2N2O2/c1-17-10-6-7-13-19(17)20(16-26-30-24(2,3)25(4,5)31-26)27-28-21-14-8-11-18-12-9-15-22(29-27)23(18)21/h6-16,28-29H,1-5H3/b20-16-. The van der Waals surface area contributed by atoms with E-state index in [1.54, 1.807) is 0 Å². The Bertz CT molecular complexity index is 1130. The summed E-state index contributed by atoms with van der Waals surface area (Å²) in [5, 5.41) is 9.87. The first-order valence-electron chi connectivity index (χ1n) is 10.9. The molecule has 0 aromatic heterocycles. The van der Waals surface area contributed by atoms with E-state index >= 15 is 0 Å². The van der Waals surface area contributed by atoms with Gasteiger partial charge in [0.25, 0.3) is 0 Å². The number of rotatable bonds is 3. The summed E-state index contributed by atoms with van der Waals surface area (Å²) >= 11 is 0. The second-order valence-corrected chi connectivity index (χ2v) is 9.49. The lowest BCUT2D eigenvalue weighted by molar-refractivity contribution is 0.00578. The molecule has 6 heteroatoms. The summed E-state index contributed by atoms with van der Waals surface area (Å²) < 4.78 is 12.6. The van der Waals surface area contributed by atoms with E-state index < -0.39 is 7.12 Å². The smallest absolute Gasteiger partial charge is 0.405 e. The molecule has 2 aliphatic rings. The summed E-state index contributed by atoms with van der Waals surface area (Å²) in [5.41, 5.74) is 5.01. The third kappa shape index (κ3) is 3.44. The van der Waals surface area contributed by atoms with Gasteiger partial charge in [0.2, 0.25) is 0 Å². The van der Waals surface area contributed by atoms with Crippen molar-refractivity contribution < 1.29 is 9.31 Å². The molecular weight excluding hydrogens is 382 g/mol. The lowest BCUT2D eigenvalue weighted by Gasteiger charge is -2.32. The lowest BCUT2D eigenvalue weighted by Crippen LogP contribution is -2.41. The zero-order valence-electron chi connectivity index (χ0n) is 18.8. The average molecular weight is 410 g/mol. The third-order valence-corrected chi connectivity index (χ3v) is 6.86. The minimum Gasteiger partial charge on any atom is -0.405 e. The molecule has 1 saturated heterocycles. The van der Waals surface area contributed by atoms with Crippen molar-refractivity contribution in [2.45, 2.75) is 45.8 Å². The predicted molar refractivity (Wildman–Crippen MR) is 132 cm³/mol. The van der Waals surface area contributed by atoms with Crippen molar-refractivity contribution >= 4 is 41.7 Å². The maximum absolute atomic E-state index is 6.32. The molecule has 0 bridgehead atoms. The van der Waals surface area contributed by atoms with Crippen molar-refractivity contribution in [2.24, 2.45) is 0 Å². The second kappa shape index (κ2) is 7.18. The summed E-state index contributed by atoms with van der Waals surface area (Å²) in [4.78, 5) is 0. The molecule has 4 nitrogen and oxygen atoms in total. The highest BCUT2D eigenvalue weighted by Crippen LogP contribution is 2.40. The Morgan fingerprint density at radius 1 is 0.806 bits per heavy atom. The van der Waals surface area contributed by atoms with Crippen LogP contribution >= 0.6 is 0 Å². The molecule has 3 aromatic rings. The summed E-state index contributed by atoms with van der Waals surface area (Å²) in [5.74, 6) is 2.12. The SMILES string of the molecule is Cc1ccccc1/C(=C/B1OC(C)(C)C(C)(C)O1)B1Nc2cccc3cccc(c23)N1. The van der Waals surface area contributed by atoms with Gasteiger partial charge in [0.15, 0.2) is 0 Å². The van der Waals surface area contributed by atoms with Crippen LogP contribution in [0.4, 0.5) is 11.4 Å². The summed E-state index contributed by atoms with van der Waals surface area (Å²) in [6.07, 6.45) is 0. The average Bonchev–Trinajstić information content (AvgIpc) is 2.93. The number of hydrogen-bond acceptors (Lipinski definition) is 4. The highest BCUT2D eigenvalue weighted by atomic mass is 16.7. The Labute approximate surface area is 185 Å². The molecule has 3 aromatic carbocycles. The van der Waals surface area contributed by atoms with Crippen molar-refractivity contribution in [2.75, 3.05) is 10.5 Å². The van der Waals surface area contributed by atoms with Gasteiger partial charge in [-0.05, 0) is 68.7 Å². The predicted octanol–water partition coefficient (Wildman–Crippen LogP) is 5.73. The quantitative estimate of drug-likeness (QED) is 0.542. The van der Waals surface area contributed by atoms with E-state index in [0.717, 1.165) is 16.8 Å². The first-order chi connectivity index (χ1) is 14.7. The van der Waals surface area contributed by atoms with Crippen LogP contribution in [0.3, 0.4) is 0 Å². The Balaban J connectivity index is 1.59. The molecule has 2 N–H and O–H groups in total. The first kappa shape index (κ1) is 20.2. The van der Waals surface area contributed by atoms with Gasteiger partial charge in [0, 0.05) is 16.8 Å². The minimum absolute atomic E-state index is 0.111. The van der Waals surface area contributed by atoms with Crippen LogP contribution in [-0.4, -0.2) is 25.3 Å². The summed E-state index contributed by atoms with van der Waals surface area (Å²) in [6, 6.07) is 21.2. The van der Waals surface area contributed by atoms with Gasteiger partial charge in [-0.1, -0.05) is 54.5 Å². The zero-order valence-corrected chi connectivity index (χ0v) is 18.8. The van der Waals surface area contributed by atoms with Crippen LogP contribution in [0.15, 0.2) is 66.6 Å². The Hall–Kier alpha value is -2.69. The molecule has 1 fully saturated rings. The maximum atomic E-state index is 6.32. The van der Waals surface area contributed by atoms with Crippen molar-refractivity contribution in [3.8, 4) is 0 Å². The van der Waals surface area contributed by atoms with E-state index in [4.69, 9.17) is 9.31 Å². The molecule has 0 atom stereocenters. The van der Waals surface area contributed by atoms with E-state index in [9.17, 15) is 0 Å². The lowest BCUT2D eigenvalue weighted by atomic mass is 9.59. The van der Waals surface area contributed by atoms with Crippen LogP contribution in [0.25, 0.3) is 16.2 Å². The van der Waals surface area contributed by atoms with Gasteiger partial charge in [-0.2, -0.15) is 0 Å². The zero-order chi connectivity index (χ0) is 21.8. The van der Waals surface area contributed by atoms with E-state index in [1.165, 1.54) is 21.9 Å². The molecule has 31 heavy (non-hydrogen) atoms. The van der Waals surface area contributed by atoms with Gasteiger partial charge in [-0.3, -0.25) is 0 Å². The van der Waals surface area contributed by atoms with E-state index in [2.05, 4.69) is 112 Å². The van der Waals surface area contributed by atoms with Gasteiger partial charge < -0.3 is 19.8 Å². The number of nitrogens with one attached hydrogen (secondary N) is 2. The fraction of sp³-hybridized carbons (Fsp3) is 0.280. The number of anilines is 2. The van der Waals surface area contributed by atoms with Crippen LogP contribution in [0, 0.1) is 6.92 Å². The Kier molecular flexibility index (Phi) is 4.68. The topological polar surface area (TPSA) is 42.5 Å². The van der Waals surface area contributed by atoms with E-state index in [0.29, 0.717) is 0 Å². The molecule has 2 aliphatic heterocycles. The van der Waals surface area contributed by atoms with Crippen LogP contribution < -0.4 is 10.5 Å². The highest BCUT2D eigenvalue weighted by molar-refractivity contribution is 6.87. The van der Waals surface area contributed by atoms with Crippen LogP contribution in [0.5, 0.6) is 0 Å². The van der Waals surface area contributed by atoms with Crippen LogP contribution in [-0.2, 0) is 9.31 Å². The molecule has 0 saturated carbocycles. The molecule has 5 rings (SSSR count). The minimum atomic E-state index is -0.420. The van der Waals surface area contributed by atoms with Crippen molar-refractivity contribution in [1.82, 2.24) is 0 Å². The highest BCUT2D eigenvalue weighted by Gasteiger charge is 2.50. The van der Waals surface area contributed by atoms with Crippen molar-refractivity contribution in [3.05, 3.63) is 77.8 Å². The van der Waals surface area contributed by atoms with E-state index in [-0.39, 0.29) is 18.2 Å². The van der Waals surface area contributed by atoms with Crippen molar-refractivity contribution in [1.29, 1.82) is 0 Å². The largest absolute Gasteiger partial charge is 0.486 e. The molecule has 0 radical (unpaired) electrons. The fourth-order valence-electron chi connectivity index (χ4n) is 4.43. The number of benzene rings is 3. The number of aryl methyl sites for hydroxylation is 1. The fourth-order valence-corrected chi connectivity index (χ4v) is 4.43. The Morgan fingerprint density at radius 2 is 1.39 bits per heavy atom. The molecule has 2 heterocycles. The van der Waals surface area contributed by atoms with E-state index in [1.807, 2.05) is 0 Å². The molecule has 0 amide bonds. The summed E-state index contributed by atoms with van der Waals surface area (Å²) in [7, 11) is -0.420. The van der Waals surface area contributed by atoms with Gasteiger partial charge >= 0.3 is 14.1 Å². The summed E-state index contributed by atoms with van der Waals surface area (Å²) in [6.45, 7) is 10.4.